The van der Waals surface area contributed by atoms with Crippen molar-refractivity contribution in [1.82, 2.24) is 10.2 Å². The van der Waals surface area contributed by atoms with E-state index in [1.54, 1.807) is 14.2 Å². The van der Waals surface area contributed by atoms with Gasteiger partial charge in [0.2, 0.25) is 0 Å². The van der Waals surface area contributed by atoms with E-state index < -0.39 is 10.8 Å². The van der Waals surface area contributed by atoms with Gasteiger partial charge in [-0.1, -0.05) is 0 Å². The number of methoxy groups -OCH3 is 2. The van der Waals surface area contributed by atoms with E-state index in [4.69, 9.17) is 14.5 Å². The Morgan fingerprint density at radius 3 is 2.38 bits per heavy atom. The van der Waals surface area contributed by atoms with Crippen LogP contribution in [0.1, 0.15) is 45.6 Å². The Labute approximate surface area is 195 Å². The Morgan fingerprint density at radius 1 is 1.24 bits per heavy atom. The number of ether oxygens (including phenoxy) is 2. The van der Waals surface area contributed by atoms with Gasteiger partial charge < -0.3 is 19.7 Å². The third-order valence-electron chi connectivity index (χ3n) is 4.89. The molecule has 0 aromatic heterocycles. The molecular formula is C21H36IN3O3S. The van der Waals surface area contributed by atoms with Gasteiger partial charge >= 0.3 is 0 Å². The number of likely N-dealkylation sites (tertiary alicyclic amines) is 1. The van der Waals surface area contributed by atoms with Crippen LogP contribution >= 0.6 is 24.0 Å². The Hall–Kier alpha value is -1.03. The molecule has 0 amide bonds. The molecule has 0 saturated carbocycles. The van der Waals surface area contributed by atoms with Crippen LogP contribution in [0, 0.1) is 0 Å². The van der Waals surface area contributed by atoms with Gasteiger partial charge in [0.25, 0.3) is 0 Å². The second-order valence-electron chi connectivity index (χ2n) is 7.98. The van der Waals surface area contributed by atoms with Crippen LogP contribution in [0.3, 0.4) is 0 Å². The molecule has 1 aromatic rings. The molecule has 2 rings (SSSR count). The standard InChI is InChI=1S/C21H35N3O3S.HI/c1-7-22-20(23-9-11-28(25)21(2,3)4)24-10-8-16(15-24)17-12-18(26-5)14-19(13-17)27-6;/h12-14,16H,7-11,15H2,1-6H3,(H,22,23);1H. The van der Waals surface area contributed by atoms with E-state index >= 15 is 0 Å². The molecule has 1 fully saturated rings. The summed E-state index contributed by atoms with van der Waals surface area (Å²) in [5.74, 6) is 3.53. The van der Waals surface area contributed by atoms with Gasteiger partial charge in [0, 0.05) is 52.9 Å². The van der Waals surface area contributed by atoms with Crippen LogP contribution in [-0.4, -0.2) is 66.0 Å². The van der Waals surface area contributed by atoms with Gasteiger partial charge in [-0.05, 0) is 51.8 Å². The molecule has 0 aliphatic carbocycles. The summed E-state index contributed by atoms with van der Waals surface area (Å²) in [6, 6.07) is 6.08. The molecule has 1 aliphatic heterocycles. The largest absolute Gasteiger partial charge is 0.497 e. The second kappa shape index (κ2) is 12.0. The van der Waals surface area contributed by atoms with Gasteiger partial charge in [0.1, 0.15) is 11.5 Å². The number of rotatable bonds is 7. The molecular weight excluding hydrogens is 501 g/mol. The first kappa shape index (κ1) is 26.0. The van der Waals surface area contributed by atoms with E-state index in [0.29, 0.717) is 18.2 Å². The van der Waals surface area contributed by atoms with Crippen molar-refractivity contribution in [2.45, 2.75) is 44.8 Å². The number of hydrogen-bond acceptors (Lipinski definition) is 4. The van der Waals surface area contributed by atoms with Crippen molar-refractivity contribution in [3.63, 3.8) is 0 Å². The number of nitrogens with zero attached hydrogens (tertiary/aromatic N) is 2. The first-order chi connectivity index (χ1) is 13.3. The van der Waals surface area contributed by atoms with Gasteiger partial charge in [-0.3, -0.25) is 9.20 Å². The number of benzene rings is 1. The lowest BCUT2D eigenvalue weighted by Gasteiger charge is -2.22. The summed E-state index contributed by atoms with van der Waals surface area (Å²) >= 11 is 0. The van der Waals surface area contributed by atoms with Crippen LogP contribution in [0.15, 0.2) is 23.2 Å². The monoisotopic (exact) mass is 537 g/mol. The molecule has 1 N–H and O–H groups in total. The summed E-state index contributed by atoms with van der Waals surface area (Å²) < 4.78 is 22.9. The maximum Gasteiger partial charge on any atom is 0.193 e. The number of aliphatic imine (C=N–C) groups is 1. The molecule has 29 heavy (non-hydrogen) atoms. The molecule has 1 saturated heterocycles. The van der Waals surface area contributed by atoms with E-state index in [1.807, 2.05) is 26.8 Å². The highest BCUT2D eigenvalue weighted by molar-refractivity contribution is 14.0. The van der Waals surface area contributed by atoms with Gasteiger partial charge in [-0.2, -0.15) is 0 Å². The normalized spacial score (nSPS) is 18.2. The topological polar surface area (TPSA) is 63.2 Å². The zero-order valence-electron chi connectivity index (χ0n) is 18.5. The second-order valence-corrected chi connectivity index (χ2v) is 10.3. The van der Waals surface area contributed by atoms with Crippen LogP contribution in [-0.2, 0) is 10.8 Å². The zero-order valence-corrected chi connectivity index (χ0v) is 21.6. The minimum atomic E-state index is -0.885. The van der Waals surface area contributed by atoms with Crippen molar-refractivity contribution >= 4 is 40.7 Å². The SMILES string of the molecule is CCNC(=NCCS(=O)C(C)(C)C)N1CCC(c2cc(OC)cc(OC)c2)C1.I. The van der Waals surface area contributed by atoms with Gasteiger partial charge in [0.05, 0.1) is 20.8 Å². The molecule has 166 valence electrons. The van der Waals surface area contributed by atoms with Crippen molar-refractivity contribution in [2.75, 3.05) is 46.2 Å². The molecule has 6 nitrogen and oxygen atoms in total. The lowest BCUT2D eigenvalue weighted by molar-refractivity contribution is 0.392. The first-order valence-corrected chi connectivity index (χ1v) is 11.2. The van der Waals surface area contributed by atoms with E-state index in [2.05, 4.69) is 29.3 Å². The summed E-state index contributed by atoms with van der Waals surface area (Å²) in [5, 5.41) is 3.38. The van der Waals surface area contributed by atoms with Crippen molar-refractivity contribution in [1.29, 1.82) is 0 Å². The third kappa shape index (κ3) is 7.62. The summed E-state index contributed by atoms with van der Waals surface area (Å²) in [6.45, 7) is 11.3. The predicted octanol–water partition coefficient (Wildman–Crippen LogP) is 3.62. The van der Waals surface area contributed by atoms with Crippen molar-refractivity contribution in [3.8, 4) is 11.5 Å². The van der Waals surface area contributed by atoms with Crippen molar-refractivity contribution < 1.29 is 13.7 Å². The summed E-state index contributed by atoms with van der Waals surface area (Å²) in [4.78, 5) is 7.03. The minimum absolute atomic E-state index is 0. The Kier molecular flexibility index (Phi) is 10.7. The Bertz CT molecular complexity index is 685. The van der Waals surface area contributed by atoms with E-state index in [1.165, 1.54) is 5.56 Å². The fourth-order valence-corrected chi connectivity index (χ4v) is 4.13. The quantitative estimate of drug-likeness (QED) is 0.327. The smallest absolute Gasteiger partial charge is 0.193 e. The van der Waals surface area contributed by atoms with Crippen molar-refractivity contribution in [3.05, 3.63) is 23.8 Å². The number of halogens is 1. The summed E-state index contributed by atoms with van der Waals surface area (Å²) in [6.07, 6.45) is 1.05. The van der Waals surface area contributed by atoms with E-state index in [-0.39, 0.29) is 28.7 Å². The molecule has 2 atom stereocenters. The average Bonchev–Trinajstić information content (AvgIpc) is 3.16. The molecule has 0 spiro atoms. The molecule has 1 aromatic carbocycles. The van der Waals surface area contributed by atoms with E-state index in [0.717, 1.165) is 43.5 Å². The lowest BCUT2D eigenvalue weighted by Crippen LogP contribution is -2.40. The molecule has 1 aliphatic rings. The summed E-state index contributed by atoms with van der Waals surface area (Å²) in [5.41, 5.74) is 1.23. The van der Waals surface area contributed by atoms with Gasteiger partial charge in [0.15, 0.2) is 5.96 Å². The van der Waals surface area contributed by atoms with Crippen LogP contribution < -0.4 is 14.8 Å². The third-order valence-corrected chi connectivity index (χ3v) is 6.81. The molecule has 2 unspecified atom stereocenters. The van der Waals surface area contributed by atoms with Crippen molar-refractivity contribution in [2.24, 2.45) is 4.99 Å². The number of hydrogen-bond donors (Lipinski definition) is 1. The Morgan fingerprint density at radius 2 is 1.86 bits per heavy atom. The molecule has 0 radical (unpaired) electrons. The summed E-state index contributed by atoms with van der Waals surface area (Å²) in [7, 11) is 2.47. The van der Waals surface area contributed by atoms with Crippen LogP contribution in [0.25, 0.3) is 0 Å². The Balaban J connectivity index is 0.00000420. The van der Waals surface area contributed by atoms with E-state index in [9.17, 15) is 4.21 Å². The fraction of sp³-hybridized carbons (Fsp3) is 0.667. The average molecular weight is 538 g/mol. The number of guanidine groups is 1. The fourth-order valence-electron chi connectivity index (χ4n) is 3.26. The van der Waals surface area contributed by atoms with Crippen LogP contribution in [0.2, 0.25) is 0 Å². The maximum atomic E-state index is 12.3. The predicted molar refractivity (Wildman–Crippen MR) is 133 cm³/mol. The minimum Gasteiger partial charge on any atom is -0.497 e. The van der Waals surface area contributed by atoms with Gasteiger partial charge in [-0.15, -0.1) is 24.0 Å². The molecule has 1 heterocycles. The highest BCUT2D eigenvalue weighted by atomic mass is 127. The van der Waals surface area contributed by atoms with Crippen LogP contribution in [0.4, 0.5) is 0 Å². The first-order valence-electron chi connectivity index (χ1n) is 9.93. The maximum absolute atomic E-state index is 12.3. The molecule has 0 bridgehead atoms. The highest BCUT2D eigenvalue weighted by Crippen LogP contribution is 2.32. The zero-order chi connectivity index (χ0) is 20.7. The lowest BCUT2D eigenvalue weighted by atomic mass is 9.98. The molecule has 8 heteroatoms. The van der Waals surface area contributed by atoms with Gasteiger partial charge in [-0.25, -0.2) is 0 Å². The number of nitrogens with one attached hydrogen (secondary N) is 1. The van der Waals surface area contributed by atoms with Crippen LogP contribution in [0.5, 0.6) is 11.5 Å². The highest BCUT2D eigenvalue weighted by Gasteiger charge is 2.27.